The van der Waals surface area contributed by atoms with Gasteiger partial charge in [-0.25, -0.2) is 0 Å². The van der Waals surface area contributed by atoms with Gasteiger partial charge in [0.25, 0.3) is 0 Å². The Balaban J connectivity index is 1.54. The van der Waals surface area contributed by atoms with Crippen LogP contribution in [0.2, 0.25) is 0 Å². The molecule has 0 saturated carbocycles. The molecule has 1 atom stereocenters. The van der Waals surface area contributed by atoms with Gasteiger partial charge in [-0.2, -0.15) is 5.10 Å². The van der Waals surface area contributed by atoms with Crippen LogP contribution < -0.4 is 10.2 Å². The van der Waals surface area contributed by atoms with E-state index < -0.39 is 5.92 Å². The highest BCUT2D eigenvalue weighted by molar-refractivity contribution is 6.06. The van der Waals surface area contributed by atoms with Crippen molar-refractivity contribution in [2.24, 2.45) is 5.92 Å². The van der Waals surface area contributed by atoms with E-state index in [9.17, 15) is 9.59 Å². The summed E-state index contributed by atoms with van der Waals surface area (Å²) in [6, 6.07) is 11.1. The number of H-pyrrole nitrogens is 1. The number of anilines is 2. The van der Waals surface area contributed by atoms with Crippen LogP contribution in [0.15, 0.2) is 48.8 Å². The van der Waals surface area contributed by atoms with Crippen molar-refractivity contribution in [2.75, 3.05) is 16.8 Å². The first-order valence-corrected chi connectivity index (χ1v) is 7.67. The van der Waals surface area contributed by atoms with Crippen molar-refractivity contribution in [3.8, 4) is 0 Å². The van der Waals surface area contributed by atoms with Crippen molar-refractivity contribution in [2.45, 2.75) is 6.42 Å². The average molecular weight is 321 g/mol. The molecule has 7 nitrogen and oxygen atoms in total. The molecule has 3 heterocycles. The maximum absolute atomic E-state index is 12.4. The molecule has 0 unspecified atom stereocenters. The molecule has 120 valence electrons. The van der Waals surface area contributed by atoms with E-state index in [1.54, 1.807) is 29.4 Å². The minimum atomic E-state index is -0.409. The van der Waals surface area contributed by atoms with Gasteiger partial charge < -0.3 is 5.32 Å². The van der Waals surface area contributed by atoms with Crippen molar-refractivity contribution in [3.63, 3.8) is 0 Å². The normalized spacial score (nSPS) is 17.4. The number of aromatic nitrogens is 3. The lowest BCUT2D eigenvalue weighted by Crippen LogP contribution is -2.28. The second-order valence-corrected chi connectivity index (χ2v) is 5.73. The maximum Gasteiger partial charge on any atom is 0.229 e. The predicted molar refractivity (Wildman–Crippen MR) is 89.4 cm³/mol. The Morgan fingerprint density at radius 1 is 1.25 bits per heavy atom. The van der Waals surface area contributed by atoms with Gasteiger partial charge in [0, 0.05) is 24.5 Å². The Kier molecular flexibility index (Phi) is 3.45. The SMILES string of the molecule is O=C(Nc1cccnc1)[C@@H]1CC(=O)N(c2n[nH]c3ccccc23)C1. The van der Waals surface area contributed by atoms with E-state index in [0.29, 0.717) is 18.1 Å². The molecule has 0 aliphatic carbocycles. The maximum atomic E-state index is 12.4. The third kappa shape index (κ3) is 2.50. The fourth-order valence-corrected chi connectivity index (χ4v) is 2.92. The Morgan fingerprint density at radius 3 is 2.96 bits per heavy atom. The first kappa shape index (κ1) is 14.4. The van der Waals surface area contributed by atoms with Crippen molar-refractivity contribution in [1.29, 1.82) is 0 Å². The van der Waals surface area contributed by atoms with Crippen LogP contribution in [-0.4, -0.2) is 33.5 Å². The molecule has 2 amide bonds. The van der Waals surface area contributed by atoms with Gasteiger partial charge in [0.1, 0.15) is 0 Å². The minimum Gasteiger partial charge on any atom is -0.324 e. The van der Waals surface area contributed by atoms with E-state index in [2.05, 4.69) is 20.5 Å². The van der Waals surface area contributed by atoms with E-state index in [1.807, 2.05) is 24.3 Å². The number of hydrogen-bond donors (Lipinski definition) is 2. The van der Waals surface area contributed by atoms with Crippen LogP contribution in [0.4, 0.5) is 11.5 Å². The molecule has 24 heavy (non-hydrogen) atoms. The largest absolute Gasteiger partial charge is 0.324 e. The highest BCUT2D eigenvalue weighted by atomic mass is 16.2. The topological polar surface area (TPSA) is 91.0 Å². The zero-order valence-corrected chi connectivity index (χ0v) is 12.8. The van der Waals surface area contributed by atoms with Crippen LogP contribution in [0.5, 0.6) is 0 Å². The lowest BCUT2D eigenvalue weighted by atomic mass is 10.1. The van der Waals surface area contributed by atoms with E-state index in [1.165, 1.54) is 0 Å². The van der Waals surface area contributed by atoms with Gasteiger partial charge in [0.05, 0.1) is 23.3 Å². The molecule has 1 fully saturated rings. The number of para-hydroxylation sites is 1. The third-order valence-corrected chi connectivity index (χ3v) is 4.13. The number of amides is 2. The quantitative estimate of drug-likeness (QED) is 0.771. The monoisotopic (exact) mass is 321 g/mol. The van der Waals surface area contributed by atoms with Gasteiger partial charge in [-0.1, -0.05) is 12.1 Å². The highest BCUT2D eigenvalue weighted by Crippen LogP contribution is 2.30. The van der Waals surface area contributed by atoms with Crippen molar-refractivity contribution < 1.29 is 9.59 Å². The summed E-state index contributed by atoms with van der Waals surface area (Å²) in [7, 11) is 0. The molecule has 0 radical (unpaired) electrons. The molecule has 1 saturated heterocycles. The molecule has 4 rings (SSSR count). The number of fused-ring (bicyclic) bond motifs is 1. The number of carbonyl (C=O) groups excluding carboxylic acids is 2. The number of hydrogen-bond acceptors (Lipinski definition) is 4. The Labute approximate surface area is 137 Å². The highest BCUT2D eigenvalue weighted by Gasteiger charge is 2.36. The summed E-state index contributed by atoms with van der Waals surface area (Å²) >= 11 is 0. The van der Waals surface area contributed by atoms with Gasteiger partial charge in [0.15, 0.2) is 5.82 Å². The number of nitrogens with zero attached hydrogens (tertiary/aromatic N) is 3. The Bertz CT molecular complexity index is 905. The van der Waals surface area contributed by atoms with E-state index >= 15 is 0 Å². The van der Waals surface area contributed by atoms with E-state index in [0.717, 1.165) is 10.9 Å². The molecular formula is C17H15N5O2. The van der Waals surface area contributed by atoms with Crippen LogP contribution in [0.3, 0.4) is 0 Å². The molecule has 1 aromatic carbocycles. The minimum absolute atomic E-state index is 0.0985. The van der Waals surface area contributed by atoms with Crippen molar-refractivity contribution in [3.05, 3.63) is 48.8 Å². The average Bonchev–Trinajstić information content (AvgIpc) is 3.19. The lowest BCUT2D eigenvalue weighted by molar-refractivity contribution is -0.122. The van der Waals surface area contributed by atoms with Gasteiger partial charge in [-0.05, 0) is 24.3 Å². The number of rotatable bonds is 3. The zero-order valence-electron chi connectivity index (χ0n) is 12.8. The number of aromatic amines is 1. The van der Waals surface area contributed by atoms with Gasteiger partial charge >= 0.3 is 0 Å². The van der Waals surface area contributed by atoms with Gasteiger partial charge in [-0.15, -0.1) is 0 Å². The first-order valence-electron chi connectivity index (χ1n) is 7.67. The molecule has 2 N–H and O–H groups in total. The van der Waals surface area contributed by atoms with Gasteiger partial charge in [0.2, 0.25) is 11.8 Å². The molecule has 7 heteroatoms. The summed E-state index contributed by atoms with van der Waals surface area (Å²) in [5.74, 6) is -0.113. The number of nitrogens with one attached hydrogen (secondary N) is 2. The smallest absolute Gasteiger partial charge is 0.229 e. The fraction of sp³-hybridized carbons (Fsp3) is 0.176. The number of carbonyl (C=O) groups is 2. The third-order valence-electron chi connectivity index (χ3n) is 4.13. The van der Waals surface area contributed by atoms with Crippen molar-refractivity contribution in [1.82, 2.24) is 15.2 Å². The van der Waals surface area contributed by atoms with Crippen LogP contribution in [0.1, 0.15) is 6.42 Å². The summed E-state index contributed by atoms with van der Waals surface area (Å²) in [6.07, 6.45) is 3.39. The summed E-state index contributed by atoms with van der Waals surface area (Å²) in [6.45, 7) is 0.319. The standard InChI is InChI=1S/C17H15N5O2/c23-15-8-11(17(24)19-12-4-3-7-18-9-12)10-22(15)16-13-5-1-2-6-14(13)20-21-16/h1-7,9,11H,8,10H2,(H,19,24)(H,20,21)/t11-/m1/s1. The Morgan fingerprint density at radius 2 is 2.12 bits per heavy atom. The van der Waals surface area contributed by atoms with Crippen molar-refractivity contribution >= 4 is 34.2 Å². The molecule has 0 bridgehead atoms. The summed E-state index contributed by atoms with van der Waals surface area (Å²) in [5, 5.41) is 10.8. The van der Waals surface area contributed by atoms with Crippen LogP contribution in [0, 0.1) is 5.92 Å². The zero-order chi connectivity index (χ0) is 16.5. The van der Waals surface area contributed by atoms with Crippen LogP contribution >= 0.6 is 0 Å². The molecule has 1 aliphatic rings. The Hall–Kier alpha value is -3.22. The molecule has 2 aromatic heterocycles. The molecule has 3 aromatic rings. The summed E-state index contributed by atoms with van der Waals surface area (Å²) in [4.78, 5) is 30.3. The second kappa shape index (κ2) is 5.77. The summed E-state index contributed by atoms with van der Waals surface area (Å²) < 4.78 is 0. The fourth-order valence-electron chi connectivity index (χ4n) is 2.92. The number of pyridine rings is 1. The van der Waals surface area contributed by atoms with Crippen LogP contribution in [0.25, 0.3) is 10.9 Å². The molecule has 0 spiro atoms. The van der Waals surface area contributed by atoms with E-state index in [-0.39, 0.29) is 18.2 Å². The lowest BCUT2D eigenvalue weighted by Gasteiger charge is -2.14. The second-order valence-electron chi connectivity index (χ2n) is 5.73. The van der Waals surface area contributed by atoms with Gasteiger partial charge in [-0.3, -0.25) is 24.6 Å². The van der Waals surface area contributed by atoms with Crippen LogP contribution in [-0.2, 0) is 9.59 Å². The number of benzene rings is 1. The molecule has 1 aliphatic heterocycles. The predicted octanol–water partition coefficient (Wildman–Crippen LogP) is 1.95. The summed E-state index contributed by atoms with van der Waals surface area (Å²) in [5.41, 5.74) is 1.49. The molecular weight excluding hydrogens is 306 g/mol. The van der Waals surface area contributed by atoms with E-state index in [4.69, 9.17) is 0 Å². The first-order chi connectivity index (χ1) is 11.7.